The van der Waals surface area contributed by atoms with Crippen LogP contribution in [0.15, 0.2) is 23.8 Å². The van der Waals surface area contributed by atoms with Crippen LogP contribution in [0.5, 0.6) is 5.75 Å². The Bertz CT molecular complexity index is 672. The molecular weight excluding hydrogens is 280 g/mol. The Morgan fingerprint density at radius 1 is 1.14 bits per heavy atom. The van der Waals surface area contributed by atoms with E-state index < -0.39 is 48.0 Å². The van der Waals surface area contributed by atoms with Crippen molar-refractivity contribution in [2.24, 2.45) is 0 Å². The number of carbonyl (C=O) groups excluding carboxylic acids is 2. The third-order valence-corrected chi connectivity index (χ3v) is 3.14. The third-order valence-electron chi connectivity index (χ3n) is 3.14. The molecule has 1 aliphatic carbocycles. The molecule has 110 valence electrons. The van der Waals surface area contributed by atoms with Crippen LogP contribution in [-0.4, -0.2) is 44.1 Å². The highest BCUT2D eigenvalue weighted by Gasteiger charge is 2.35. The fourth-order valence-electron chi connectivity index (χ4n) is 2.20. The molecule has 21 heavy (non-hydrogen) atoms. The number of Topliss-reactive ketones (excluding diaryl/α,β-unsaturated/α-hetero) is 2. The van der Waals surface area contributed by atoms with Gasteiger partial charge in [0.2, 0.25) is 11.6 Å². The van der Waals surface area contributed by atoms with Gasteiger partial charge < -0.3 is 20.4 Å². The van der Waals surface area contributed by atoms with Gasteiger partial charge in [-0.1, -0.05) is 12.1 Å². The summed E-state index contributed by atoms with van der Waals surface area (Å²) in [6.45, 7) is 0. The molecule has 0 spiro atoms. The minimum Gasteiger partial charge on any atom is -0.507 e. The number of fused-ring (bicyclic) bond motifs is 1. The normalized spacial score (nSPS) is 15.9. The number of aliphatic carboxylic acids is 1. The number of carbonyl (C=O) groups is 3. The van der Waals surface area contributed by atoms with Crippen LogP contribution >= 0.6 is 0 Å². The van der Waals surface area contributed by atoms with Crippen molar-refractivity contribution in [3.05, 3.63) is 34.9 Å². The van der Waals surface area contributed by atoms with E-state index in [-0.39, 0.29) is 16.7 Å². The molecule has 0 aromatic heterocycles. The van der Waals surface area contributed by atoms with E-state index in [4.69, 9.17) is 5.11 Å². The lowest BCUT2D eigenvalue weighted by molar-refractivity contribution is -0.139. The molecule has 4 N–H and O–H groups in total. The molecule has 1 aromatic carbocycles. The number of aromatic hydroxyl groups is 1. The van der Waals surface area contributed by atoms with Gasteiger partial charge in [0.25, 0.3) is 0 Å². The first-order valence-electron chi connectivity index (χ1n) is 6.06. The summed E-state index contributed by atoms with van der Waals surface area (Å²) in [4.78, 5) is 34.4. The molecule has 7 nitrogen and oxygen atoms in total. The summed E-state index contributed by atoms with van der Waals surface area (Å²) < 4.78 is 0. The van der Waals surface area contributed by atoms with Crippen LogP contribution in [0.3, 0.4) is 0 Å². The topological polar surface area (TPSA) is 132 Å². The molecule has 0 fully saturated rings. The number of hydrogen-bond acceptors (Lipinski definition) is 6. The number of rotatable bonds is 4. The lowest BCUT2D eigenvalue weighted by Gasteiger charge is -2.19. The average molecular weight is 292 g/mol. The zero-order valence-electron chi connectivity index (χ0n) is 10.7. The zero-order valence-corrected chi connectivity index (χ0v) is 10.7. The van der Waals surface area contributed by atoms with Crippen molar-refractivity contribution in [3.8, 4) is 5.75 Å². The maximum absolute atomic E-state index is 11.9. The highest BCUT2D eigenvalue weighted by atomic mass is 16.4. The van der Waals surface area contributed by atoms with Crippen LogP contribution in [0.25, 0.3) is 5.76 Å². The molecule has 1 aromatic rings. The summed E-state index contributed by atoms with van der Waals surface area (Å²) >= 11 is 0. The van der Waals surface area contributed by atoms with Crippen molar-refractivity contribution in [1.29, 1.82) is 0 Å². The highest BCUT2D eigenvalue weighted by Crippen LogP contribution is 2.34. The van der Waals surface area contributed by atoms with Gasteiger partial charge in [0.1, 0.15) is 11.5 Å². The van der Waals surface area contributed by atoms with E-state index in [2.05, 4.69) is 0 Å². The smallest absolute Gasteiger partial charge is 0.305 e. The van der Waals surface area contributed by atoms with Crippen LogP contribution in [-0.2, 0) is 9.59 Å². The highest BCUT2D eigenvalue weighted by molar-refractivity contribution is 6.52. The van der Waals surface area contributed by atoms with Gasteiger partial charge in [-0.05, 0) is 6.07 Å². The van der Waals surface area contributed by atoms with Crippen molar-refractivity contribution in [3.63, 3.8) is 0 Å². The Hall–Kier alpha value is -2.67. The minimum absolute atomic E-state index is 0.0166. The second kappa shape index (κ2) is 5.37. The molecule has 7 heteroatoms. The number of aliphatic hydroxyl groups is 2. The van der Waals surface area contributed by atoms with E-state index in [1.807, 2.05) is 0 Å². The van der Waals surface area contributed by atoms with E-state index in [0.29, 0.717) is 0 Å². The SMILES string of the molecule is O=C(O)CC(O)CC1=C(O)c2cccc(O)c2C(=O)C1=O. The van der Waals surface area contributed by atoms with Crippen molar-refractivity contribution in [2.75, 3.05) is 0 Å². The minimum atomic E-state index is -1.41. The first-order chi connectivity index (χ1) is 9.82. The molecule has 0 aliphatic heterocycles. The Kier molecular flexibility index (Phi) is 3.77. The summed E-state index contributed by atoms with van der Waals surface area (Å²) in [5.41, 5.74) is -0.666. The van der Waals surface area contributed by atoms with Crippen molar-refractivity contribution in [1.82, 2.24) is 0 Å². The second-order valence-electron chi connectivity index (χ2n) is 4.64. The Morgan fingerprint density at radius 2 is 1.81 bits per heavy atom. The molecular formula is C14H12O7. The molecule has 0 saturated heterocycles. The Labute approximate surface area is 118 Å². The summed E-state index contributed by atoms with van der Waals surface area (Å²) in [6.07, 6.45) is -2.49. The van der Waals surface area contributed by atoms with Crippen LogP contribution in [0, 0.1) is 0 Å². The van der Waals surface area contributed by atoms with E-state index in [1.54, 1.807) is 0 Å². The fourth-order valence-corrected chi connectivity index (χ4v) is 2.20. The van der Waals surface area contributed by atoms with Gasteiger partial charge in [-0.15, -0.1) is 0 Å². The first-order valence-corrected chi connectivity index (χ1v) is 6.06. The molecule has 0 bridgehead atoms. The molecule has 0 radical (unpaired) electrons. The van der Waals surface area contributed by atoms with Crippen molar-refractivity contribution < 1.29 is 34.8 Å². The summed E-state index contributed by atoms with van der Waals surface area (Å²) in [6, 6.07) is 3.94. The number of aliphatic hydroxyl groups excluding tert-OH is 2. The second-order valence-corrected chi connectivity index (χ2v) is 4.64. The van der Waals surface area contributed by atoms with E-state index >= 15 is 0 Å². The van der Waals surface area contributed by atoms with Gasteiger partial charge in [-0.2, -0.15) is 0 Å². The lowest BCUT2D eigenvalue weighted by atomic mass is 9.85. The third kappa shape index (κ3) is 2.63. The van der Waals surface area contributed by atoms with Gasteiger partial charge in [-0.3, -0.25) is 14.4 Å². The quantitative estimate of drug-likeness (QED) is 0.599. The Morgan fingerprint density at radius 3 is 2.43 bits per heavy atom. The number of benzene rings is 1. The van der Waals surface area contributed by atoms with Gasteiger partial charge in [0.15, 0.2) is 0 Å². The van der Waals surface area contributed by atoms with Gasteiger partial charge >= 0.3 is 5.97 Å². The molecule has 2 rings (SSSR count). The number of carboxylic acids is 1. The maximum atomic E-state index is 11.9. The zero-order chi connectivity index (χ0) is 15.7. The van der Waals surface area contributed by atoms with Crippen molar-refractivity contribution in [2.45, 2.75) is 18.9 Å². The molecule has 0 saturated carbocycles. The fraction of sp³-hybridized carbons (Fsp3) is 0.214. The van der Waals surface area contributed by atoms with Crippen LogP contribution in [0.1, 0.15) is 28.8 Å². The lowest BCUT2D eigenvalue weighted by Crippen LogP contribution is -2.27. The summed E-state index contributed by atoms with van der Waals surface area (Å²) in [7, 11) is 0. The van der Waals surface area contributed by atoms with Gasteiger partial charge in [-0.25, -0.2) is 0 Å². The Balaban J connectivity index is 2.46. The number of phenolic OH excluding ortho intramolecular Hbond substituents is 1. The molecule has 1 unspecified atom stereocenters. The van der Waals surface area contributed by atoms with E-state index in [0.717, 1.165) is 0 Å². The molecule has 1 atom stereocenters. The number of carboxylic acid groups (broad SMARTS) is 1. The predicted molar refractivity (Wildman–Crippen MR) is 69.9 cm³/mol. The maximum Gasteiger partial charge on any atom is 0.305 e. The molecule has 0 amide bonds. The standard InChI is InChI=1S/C14H12O7/c15-6(5-10(17)18)4-8-12(19)7-2-1-3-9(16)11(7)14(21)13(8)20/h1-3,6,15-16,19H,4-5H2,(H,17,18). The summed E-state index contributed by atoms with van der Waals surface area (Å²) in [5.74, 6) is -4.29. The number of phenols is 1. The van der Waals surface area contributed by atoms with Crippen molar-refractivity contribution >= 4 is 23.3 Å². The summed E-state index contributed by atoms with van der Waals surface area (Å²) in [5, 5.41) is 37.8. The van der Waals surface area contributed by atoms with Crippen LogP contribution in [0.2, 0.25) is 0 Å². The molecule has 0 heterocycles. The van der Waals surface area contributed by atoms with E-state index in [9.17, 15) is 29.7 Å². The molecule has 1 aliphatic rings. The largest absolute Gasteiger partial charge is 0.507 e. The van der Waals surface area contributed by atoms with Crippen LogP contribution in [0.4, 0.5) is 0 Å². The number of hydrogen-bond donors (Lipinski definition) is 4. The number of ketones is 2. The predicted octanol–water partition coefficient (Wildman–Crippen LogP) is 0.652. The van der Waals surface area contributed by atoms with E-state index in [1.165, 1.54) is 18.2 Å². The average Bonchev–Trinajstić information content (AvgIpc) is 2.40. The monoisotopic (exact) mass is 292 g/mol. The first kappa shape index (κ1) is 14.7. The van der Waals surface area contributed by atoms with Gasteiger partial charge in [0.05, 0.1) is 18.1 Å². The van der Waals surface area contributed by atoms with Crippen LogP contribution < -0.4 is 0 Å². The van der Waals surface area contributed by atoms with Gasteiger partial charge in [0, 0.05) is 17.6 Å².